The van der Waals surface area contributed by atoms with Crippen molar-refractivity contribution in [2.75, 3.05) is 6.61 Å². The number of nitrogens with one attached hydrogen (secondary N) is 1. The topological polar surface area (TPSA) is 68.0 Å². The zero-order valence-corrected chi connectivity index (χ0v) is 19.2. The standard InChI is InChI=1S/C25H28N4O2S/c1-18(2)22-16-20(8-11-23(22)30)24-26-27-25(32)29(24)17-19-6-9-21(10-7-19)31-15-5-14-28-12-3-4-13-28/h3-4,6-13,16,18,30H,5,14-15,17H2,1-2H3,(H,27,32). The van der Waals surface area contributed by atoms with Crippen LogP contribution in [0.1, 0.15) is 37.3 Å². The number of phenols is 1. The van der Waals surface area contributed by atoms with Crippen LogP contribution in [0.15, 0.2) is 67.0 Å². The van der Waals surface area contributed by atoms with Crippen LogP contribution < -0.4 is 4.74 Å². The molecule has 4 aromatic rings. The summed E-state index contributed by atoms with van der Waals surface area (Å²) in [6, 6.07) is 17.7. The number of hydrogen-bond donors (Lipinski definition) is 2. The van der Waals surface area contributed by atoms with Gasteiger partial charge in [0, 0.05) is 24.5 Å². The van der Waals surface area contributed by atoms with Crippen molar-refractivity contribution < 1.29 is 9.84 Å². The van der Waals surface area contributed by atoms with E-state index in [9.17, 15) is 5.11 Å². The fourth-order valence-corrected chi connectivity index (χ4v) is 3.87. The summed E-state index contributed by atoms with van der Waals surface area (Å²) in [6.45, 7) is 6.33. The van der Waals surface area contributed by atoms with Crippen molar-refractivity contribution >= 4 is 12.2 Å². The molecule has 0 bridgehead atoms. The summed E-state index contributed by atoms with van der Waals surface area (Å²) in [6.07, 6.45) is 5.08. The van der Waals surface area contributed by atoms with E-state index in [2.05, 4.69) is 53.1 Å². The zero-order chi connectivity index (χ0) is 22.5. The van der Waals surface area contributed by atoms with Gasteiger partial charge in [-0.15, -0.1) is 0 Å². The predicted molar refractivity (Wildman–Crippen MR) is 129 cm³/mol. The second-order valence-electron chi connectivity index (χ2n) is 8.13. The van der Waals surface area contributed by atoms with E-state index in [-0.39, 0.29) is 5.92 Å². The largest absolute Gasteiger partial charge is 0.508 e. The van der Waals surface area contributed by atoms with Gasteiger partial charge >= 0.3 is 0 Å². The van der Waals surface area contributed by atoms with Gasteiger partial charge in [0.25, 0.3) is 0 Å². The Labute approximate surface area is 193 Å². The molecule has 32 heavy (non-hydrogen) atoms. The highest BCUT2D eigenvalue weighted by molar-refractivity contribution is 7.71. The maximum Gasteiger partial charge on any atom is 0.195 e. The SMILES string of the molecule is CC(C)c1cc(-c2n[nH]c(=S)n2Cc2ccc(OCCCn3cccc3)cc2)ccc1O. The van der Waals surface area contributed by atoms with Crippen molar-refractivity contribution in [2.45, 2.75) is 39.3 Å². The van der Waals surface area contributed by atoms with E-state index in [0.717, 1.165) is 41.2 Å². The van der Waals surface area contributed by atoms with Gasteiger partial charge in [0.2, 0.25) is 0 Å². The molecule has 0 saturated carbocycles. The fourth-order valence-electron chi connectivity index (χ4n) is 3.67. The van der Waals surface area contributed by atoms with E-state index in [1.165, 1.54) is 0 Å². The van der Waals surface area contributed by atoms with Crippen LogP contribution in [0, 0.1) is 4.77 Å². The molecule has 166 valence electrons. The summed E-state index contributed by atoms with van der Waals surface area (Å²) >= 11 is 5.48. The Bertz CT molecular complexity index is 1210. The summed E-state index contributed by atoms with van der Waals surface area (Å²) in [5, 5.41) is 17.5. The number of ether oxygens (including phenoxy) is 1. The van der Waals surface area contributed by atoms with Gasteiger partial charge in [-0.25, -0.2) is 0 Å². The van der Waals surface area contributed by atoms with Crippen LogP contribution in [0.2, 0.25) is 0 Å². The molecule has 0 unspecified atom stereocenters. The predicted octanol–water partition coefficient (Wildman–Crippen LogP) is 5.76. The maximum absolute atomic E-state index is 10.1. The smallest absolute Gasteiger partial charge is 0.195 e. The first kappa shape index (κ1) is 21.9. The highest BCUT2D eigenvalue weighted by Crippen LogP contribution is 2.30. The van der Waals surface area contributed by atoms with E-state index in [1.807, 2.05) is 41.0 Å². The highest BCUT2D eigenvalue weighted by atomic mass is 32.1. The Morgan fingerprint density at radius 1 is 1.09 bits per heavy atom. The second kappa shape index (κ2) is 9.87. The van der Waals surface area contributed by atoms with Gasteiger partial charge in [-0.05, 0) is 78.1 Å². The van der Waals surface area contributed by atoms with Crippen LogP contribution in [0.3, 0.4) is 0 Å². The van der Waals surface area contributed by atoms with Crippen LogP contribution in [0.5, 0.6) is 11.5 Å². The quantitative estimate of drug-likeness (QED) is 0.252. The monoisotopic (exact) mass is 448 g/mol. The van der Waals surface area contributed by atoms with Gasteiger partial charge in [-0.3, -0.25) is 9.67 Å². The van der Waals surface area contributed by atoms with Crippen LogP contribution in [0.4, 0.5) is 0 Å². The third-order valence-corrected chi connectivity index (χ3v) is 5.74. The van der Waals surface area contributed by atoms with Crippen LogP contribution >= 0.6 is 12.2 Å². The molecule has 0 aliphatic heterocycles. The number of rotatable bonds is 9. The Hall–Kier alpha value is -3.32. The van der Waals surface area contributed by atoms with Crippen molar-refractivity contribution in [3.8, 4) is 22.9 Å². The molecule has 0 radical (unpaired) electrons. The molecule has 0 amide bonds. The first-order chi connectivity index (χ1) is 15.5. The molecule has 2 N–H and O–H groups in total. The van der Waals surface area contributed by atoms with Gasteiger partial charge in [0.15, 0.2) is 10.6 Å². The average Bonchev–Trinajstić information content (AvgIpc) is 3.43. The summed E-state index contributed by atoms with van der Waals surface area (Å²) in [4.78, 5) is 0. The number of aryl methyl sites for hydroxylation is 1. The molecule has 0 fully saturated rings. The third kappa shape index (κ3) is 5.11. The lowest BCUT2D eigenvalue weighted by Gasteiger charge is -2.12. The number of aromatic hydroxyl groups is 1. The number of aromatic nitrogens is 4. The number of phenolic OH excluding ortho intramolecular Hbond substituents is 1. The lowest BCUT2D eigenvalue weighted by molar-refractivity contribution is 0.302. The van der Waals surface area contributed by atoms with E-state index in [0.29, 0.717) is 23.7 Å². The Kier molecular flexibility index (Phi) is 6.75. The molecule has 0 saturated heterocycles. The van der Waals surface area contributed by atoms with Crippen molar-refractivity contribution in [3.63, 3.8) is 0 Å². The zero-order valence-electron chi connectivity index (χ0n) is 18.4. The highest BCUT2D eigenvalue weighted by Gasteiger charge is 2.13. The average molecular weight is 449 g/mol. The van der Waals surface area contributed by atoms with Gasteiger partial charge in [0.05, 0.1) is 13.2 Å². The Morgan fingerprint density at radius 2 is 1.84 bits per heavy atom. The molecule has 6 nitrogen and oxygen atoms in total. The normalized spacial score (nSPS) is 11.2. The third-order valence-electron chi connectivity index (χ3n) is 5.43. The van der Waals surface area contributed by atoms with Crippen LogP contribution in [-0.4, -0.2) is 31.0 Å². The summed E-state index contributed by atoms with van der Waals surface area (Å²) in [7, 11) is 0. The van der Waals surface area contributed by atoms with Gasteiger partial charge in [-0.2, -0.15) is 5.10 Å². The number of hydrogen-bond acceptors (Lipinski definition) is 4. The van der Waals surface area contributed by atoms with Crippen LogP contribution in [-0.2, 0) is 13.1 Å². The Morgan fingerprint density at radius 3 is 2.56 bits per heavy atom. The molecule has 0 atom stereocenters. The number of H-pyrrole nitrogens is 1. The molecule has 0 aliphatic carbocycles. The molecule has 0 spiro atoms. The van der Waals surface area contributed by atoms with E-state index < -0.39 is 0 Å². The second-order valence-corrected chi connectivity index (χ2v) is 8.52. The van der Waals surface area contributed by atoms with E-state index in [1.54, 1.807) is 6.07 Å². The Balaban J connectivity index is 1.43. The van der Waals surface area contributed by atoms with E-state index in [4.69, 9.17) is 17.0 Å². The molecule has 2 heterocycles. The number of nitrogens with zero attached hydrogens (tertiary/aromatic N) is 3. The summed E-state index contributed by atoms with van der Waals surface area (Å²) < 4.78 is 10.6. The van der Waals surface area contributed by atoms with Crippen LogP contribution in [0.25, 0.3) is 11.4 Å². The lowest BCUT2D eigenvalue weighted by Crippen LogP contribution is -2.04. The molecule has 0 aliphatic rings. The first-order valence-corrected chi connectivity index (χ1v) is 11.2. The van der Waals surface area contributed by atoms with Gasteiger partial charge in [-0.1, -0.05) is 26.0 Å². The fraction of sp³-hybridized carbons (Fsp3) is 0.280. The number of benzene rings is 2. The minimum absolute atomic E-state index is 0.209. The molecular weight excluding hydrogens is 420 g/mol. The maximum atomic E-state index is 10.1. The number of aromatic amines is 1. The summed E-state index contributed by atoms with van der Waals surface area (Å²) in [5.41, 5.74) is 2.91. The lowest BCUT2D eigenvalue weighted by atomic mass is 9.99. The minimum Gasteiger partial charge on any atom is -0.508 e. The minimum atomic E-state index is 0.209. The summed E-state index contributed by atoms with van der Waals surface area (Å²) in [5.74, 6) is 2.12. The van der Waals surface area contributed by atoms with Crippen molar-refractivity contribution in [2.24, 2.45) is 0 Å². The molecule has 7 heteroatoms. The van der Waals surface area contributed by atoms with Crippen molar-refractivity contribution in [1.29, 1.82) is 0 Å². The first-order valence-electron chi connectivity index (χ1n) is 10.8. The molecule has 2 aromatic carbocycles. The molecular formula is C25H28N4O2S. The molecule has 2 aromatic heterocycles. The van der Waals surface area contributed by atoms with Crippen molar-refractivity contribution in [3.05, 3.63) is 82.9 Å². The van der Waals surface area contributed by atoms with Gasteiger partial charge < -0.3 is 14.4 Å². The molecule has 4 rings (SSSR count). The van der Waals surface area contributed by atoms with E-state index >= 15 is 0 Å². The van der Waals surface area contributed by atoms with Gasteiger partial charge in [0.1, 0.15) is 11.5 Å². The van der Waals surface area contributed by atoms with Crippen molar-refractivity contribution in [1.82, 2.24) is 19.3 Å².